The van der Waals surface area contributed by atoms with Gasteiger partial charge in [-0.2, -0.15) is 0 Å². The molecule has 3 nitrogen and oxygen atoms in total. The molecule has 7 aliphatic carbocycles. The average Bonchev–Trinajstić information content (AvgIpc) is 3.54. The molecule has 8 fully saturated rings. The van der Waals surface area contributed by atoms with Crippen molar-refractivity contribution in [3.8, 4) is 0 Å². The van der Waals surface area contributed by atoms with Gasteiger partial charge in [0.2, 0.25) is 5.91 Å². The van der Waals surface area contributed by atoms with Crippen LogP contribution in [0.25, 0.3) is 0 Å². The molecule has 8 rings (SSSR count). The molecule has 236 valence electrons. The number of hydrogen-bond donors (Lipinski definition) is 0. The molecule has 0 aromatic heterocycles. The molecule has 0 bridgehead atoms. The van der Waals surface area contributed by atoms with E-state index in [1.807, 2.05) is 0 Å². The number of nitrogens with zero attached hydrogens (tertiary/aromatic N) is 1. The Morgan fingerprint density at radius 3 is 2.14 bits per heavy atom. The van der Waals surface area contributed by atoms with Gasteiger partial charge >= 0.3 is 0 Å². The van der Waals surface area contributed by atoms with E-state index in [-0.39, 0.29) is 0 Å². The predicted molar refractivity (Wildman–Crippen MR) is 171 cm³/mol. The summed E-state index contributed by atoms with van der Waals surface area (Å²) in [4.78, 5) is 25.7. The van der Waals surface area contributed by atoms with Gasteiger partial charge in [0.15, 0.2) is 0 Å². The molecule has 42 heavy (non-hydrogen) atoms. The van der Waals surface area contributed by atoms with Crippen molar-refractivity contribution in [1.82, 2.24) is 4.90 Å². The molecule has 0 aromatic carbocycles. The summed E-state index contributed by atoms with van der Waals surface area (Å²) in [6.45, 7) is 10.2. The van der Waals surface area contributed by atoms with Crippen LogP contribution < -0.4 is 0 Å². The van der Waals surface area contributed by atoms with Crippen molar-refractivity contribution >= 4 is 12.2 Å². The first kappa shape index (κ1) is 29.8. The number of likely N-dealkylation sites (tertiary alicyclic amines) is 1. The molecule has 0 aromatic rings. The van der Waals surface area contributed by atoms with Gasteiger partial charge in [-0.05, 0) is 159 Å². The molecular formula is C39H63NO2. The number of amides is 1. The van der Waals surface area contributed by atoms with Crippen LogP contribution in [0.3, 0.4) is 0 Å². The van der Waals surface area contributed by atoms with Crippen LogP contribution >= 0.6 is 0 Å². The summed E-state index contributed by atoms with van der Waals surface area (Å²) in [5, 5.41) is 0. The number of hydrogen-bond acceptors (Lipinski definition) is 2. The van der Waals surface area contributed by atoms with E-state index in [2.05, 4.69) is 39.6 Å². The van der Waals surface area contributed by atoms with Crippen LogP contribution in [0.5, 0.6) is 0 Å². The van der Waals surface area contributed by atoms with Gasteiger partial charge in [0.1, 0.15) is 6.29 Å². The van der Waals surface area contributed by atoms with Crippen LogP contribution in [-0.2, 0) is 9.59 Å². The fraction of sp³-hybridized carbons (Fsp3) is 0.949. The van der Waals surface area contributed by atoms with Crippen LogP contribution in [0.15, 0.2) is 0 Å². The topological polar surface area (TPSA) is 37.4 Å². The minimum Gasteiger partial charge on any atom is -0.342 e. The molecule has 1 unspecified atom stereocenters. The molecule has 1 amide bonds. The summed E-state index contributed by atoms with van der Waals surface area (Å²) in [6.07, 6.45) is 27.3. The fourth-order valence-corrected chi connectivity index (χ4v) is 14.7. The molecule has 1 aliphatic heterocycles. The number of piperidine rings is 1. The van der Waals surface area contributed by atoms with Crippen LogP contribution in [0.1, 0.15) is 150 Å². The van der Waals surface area contributed by atoms with Crippen molar-refractivity contribution in [1.29, 1.82) is 0 Å². The third-order valence-electron chi connectivity index (χ3n) is 17.2. The number of carbonyl (C=O) groups excluding carboxylic acids is 2. The zero-order valence-electron chi connectivity index (χ0n) is 28.0. The number of carbonyl (C=O) groups is 2. The van der Waals surface area contributed by atoms with E-state index in [1.165, 1.54) is 115 Å². The van der Waals surface area contributed by atoms with Crippen molar-refractivity contribution in [2.45, 2.75) is 156 Å². The summed E-state index contributed by atoms with van der Waals surface area (Å²) >= 11 is 0. The van der Waals surface area contributed by atoms with Crippen molar-refractivity contribution < 1.29 is 9.59 Å². The second kappa shape index (κ2) is 10.6. The minimum absolute atomic E-state index is 0.348. The molecular weight excluding hydrogens is 514 g/mol. The molecule has 7 saturated carbocycles. The summed E-state index contributed by atoms with van der Waals surface area (Å²) in [6, 6.07) is 0.519. The number of fused-ring (bicyclic) bond motifs is 10. The van der Waals surface area contributed by atoms with Crippen molar-refractivity contribution in [2.75, 3.05) is 7.05 Å². The first-order valence-corrected chi connectivity index (χ1v) is 18.8. The van der Waals surface area contributed by atoms with E-state index in [4.69, 9.17) is 0 Å². The first-order valence-electron chi connectivity index (χ1n) is 18.8. The lowest BCUT2D eigenvalue weighted by Gasteiger charge is -2.61. The predicted octanol–water partition coefficient (Wildman–Crippen LogP) is 9.47. The van der Waals surface area contributed by atoms with E-state index >= 15 is 0 Å². The highest BCUT2D eigenvalue weighted by Gasteiger charge is 2.60. The highest BCUT2D eigenvalue weighted by atomic mass is 16.2. The Hall–Kier alpha value is -0.860. The Morgan fingerprint density at radius 2 is 1.33 bits per heavy atom. The van der Waals surface area contributed by atoms with Gasteiger partial charge in [0, 0.05) is 25.4 Å². The molecule has 13 atom stereocenters. The minimum atomic E-state index is 0.348. The van der Waals surface area contributed by atoms with Crippen LogP contribution in [0.4, 0.5) is 0 Å². The zero-order valence-corrected chi connectivity index (χ0v) is 28.0. The van der Waals surface area contributed by atoms with Gasteiger partial charge in [-0.1, -0.05) is 47.0 Å². The van der Waals surface area contributed by atoms with Gasteiger partial charge in [-0.15, -0.1) is 0 Å². The number of aldehydes is 1. The Kier molecular flexibility index (Phi) is 7.53. The first-order chi connectivity index (χ1) is 20.0. The third kappa shape index (κ3) is 4.29. The summed E-state index contributed by atoms with van der Waals surface area (Å²) in [7, 11) is 2.06. The second-order valence-electron chi connectivity index (χ2n) is 18.3. The van der Waals surface area contributed by atoms with Gasteiger partial charge in [0.05, 0.1) is 0 Å². The average molecular weight is 578 g/mol. The van der Waals surface area contributed by atoms with Crippen LogP contribution in [0, 0.1) is 69.0 Å². The zero-order chi connectivity index (χ0) is 29.5. The second-order valence-corrected chi connectivity index (χ2v) is 18.3. The highest BCUT2D eigenvalue weighted by molar-refractivity contribution is 5.77. The van der Waals surface area contributed by atoms with Crippen LogP contribution in [0.2, 0.25) is 0 Å². The molecule has 8 aliphatic rings. The van der Waals surface area contributed by atoms with E-state index < -0.39 is 0 Å². The Morgan fingerprint density at radius 1 is 0.619 bits per heavy atom. The SMILES string of the molecule is CN1C(=O)CC[C@]2(C)[C@H]3CC[C@]4(C)CCC[C@H]4[C@@H]3CC[C@@H]12.C[C@]12CCCC[C@@H]1CC[C@@H]1[C@@H]2CC[C@]2(C)C(C=O)CC[C@@H]12. The third-order valence-corrected chi connectivity index (χ3v) is 17.2. The summed E-state index contributed by atoms with van der Waals surface area (Å²) < 4.78 is 0. The van der Waals surface area contributed by atoms with E-state index in [0.29, 0.717) is 39.5 Å². The maximum absolute atomic E-state index is 12.1. The highest BCUT2D eigenvalue weighted by Crippen LogP contribution is 2.67. The Bertz CT molecular complexity index is 1050. The lowest BCUT2D eigenvalue weighted by atomic mass is 9.45. The smallest absolute Gasteiger partial charge is 0.222 e. The van der Waals surface area contributed by atoms with Crippen molar-refractivity contribution in [3.05, 3.63) is 0 Å². The fourth-order valence-electron chi connectivity index (χ4n) is 14.7. The molecule has 1 saturated heterocycles. The van der Waals surface area contributed by atoms with E-state index in [0.717, 1.165) is 54.3 Å². The van der Waals surface area contributed by atoms with Crippen LogP contribution in [-0.4, -0.2) is 30.2 Å². The van der Waals surface area contributed by atoms with Gasteiger partial charge in [0.25, 0.3) is 0 Å². The molecule has 0 radical (unpaired) electrons. The van der Waals surface area contributed by atoms with E-state index in [1.54, 1.807) is 0 Å². The largest absolute Gasteiger partial charge is 0.342 e. The standard InChI is InChI=1S/C20H32O.C19H31NO/c1-19-11-4-3-5-14(19)6-8-16-17-9-7-15(13-21)20(17,2)12-10-18(16)19;1-18-10-4-5-14(18)13-6-7-16-19(2,15(13)8-11-18)12-9-17(21)20(16)3/h13-18H,3-12H2,1-2H3;13-16H,4-12H2,1-3H3/t14-,15?,16+,17+,18+,19+,20-;13-,14-,15-,16+,18-,19+/m10/s1. The normalized spacial score (nSPS) is 54.6. The monoisotopic (exact) mass is 577 g/mol. The van der Waals surface area contributed by atoms with Crippen molar-refractivity contribution in [2.24, 2.45) is 69.0 Å². The summed E-state index contributed by atoms with van der Waals surface area (Å²) in [5.41, 5.74) is 2.04. The Balaban J connectivity index is 0.000000137. The maximum atomic E-state index is 12.1. The lowest BCUT2D eigenvalue weighted by Crippen LogP contribution is -2.61. The summed E-state index contributed by atoms with van der Waals surface area (Å²) in [5.74, 6) is 7.34. The van der Waals surface area contributed by atoms with Gasteiger partial charge in [-0.3, -0.25) is 4.79 Å². The quantitative estimate of drug-likeness (QED) is 0.291. The molecule has 0 N–H and O–H groups in total. The number of rotatable bonds is 1. The van der Waals surface area contributed by atoms with Crippen molar-refractivity contribution in [3.63, 3.8) is 0 Å². The maximum Gasteiger partial charge on any atom is 0.222 e. The molecule has 0 spiro atoms. The molecule has 3 heteroatoms. The van der Waals surface area contributed by atoms with Gasteiger partial charge in [-0.25, -0.2) is 0 Å². The van der Waals surface area contributed by atoms with E-state index in [9.17, 15) is 9.59 Å². The lowest BCUT2D eigenvalue weighted by molar-refractivity contribution is -0.156. The van der Waals surface area contributed by atoms with Gasteiger partial charge < -0.3 is 9.69 Å². The molecule has 1 heterocycles. The Labute approximate surface area is 258 Å².